The van der Waals surface area contributed by atoms with Crippen LogP contribution in [-0.2, 0) is 9.53 Å². The fourth-order valence-corrected chi connectivity index (χ4v) is 6.97. The third kappa shape index (κ3) is 12.2. The van der Waals surface area contributed by atoms with Crippen LogP contribution in [0.25, 0.3) is 11.4 Å². The van der Waals surface area contributed by atoms with Gasteiger partial charge < -0.3 is 28.5 Å². The SMILES string of the molecule is CCC(=O)OC(C(=O)c1ccc(OC(F)(F)F)cc1)c1cc(Br)ccc1-n1cc(C)nc1C.Cc1cn(-c2ccc(Br)cc2C(O)C(=O)c2ccc(OC(F)(F)F)cc2)c(C)n1. The molecule has 19 heteroatoms. The Hall–Kier alpha value is -5.79. The second-order valence-corrected chi connectivity index (χ2v) is 15.3. The van der Waals surface area contributed by atoms with Crippen molar-refractivity contribution in [3.05, 3.63) is 152 Å². The highest BCUT2D eigenvalue weighted by molar-refractivity contribution is 9.10. The van der Waals surface area contributed by atoms with E-state index in [1.165, 1.54) is 24.3 Å². The fraction of sp³-hybridized carbons (Fsp3) is 0.233. The van der Waals surface area contributed by atoms with E-state index in [1.807, 2.05) is 13.8 Å². The van der Waals surface area contributed by atoms with E-state index in [-0.39, 0.29) is 17.5 Å². The fourth-order valence-electron chi connectivity index (χ4n) is 6.21. The minimum Gasteiger partial charge on any atom is -0.449 e. The molecule has 0 saturated heterocycles. The molecule has 0 aliphatic heterocycles. The van der Waals surface area contributed by atoms with Crippen molar-refractivity contribution in [2.45, 2.75) is 66.0 Å². The summed E-state index contributed by atoms with van der Waals surface area (Å²) in [5.41, 5.74) is 3.53. The average molecular weight is 995 g/mol. The van der Waals surface area contributed by atoms with E-state index >= 15 is 0 Å². The van der Waals surface area contributed by atoms with Gasteiger partial charge in [-0.05, 0) is 113 Å². The Balaban J connectivity index is 0.000000236. The van der Waals surface area contributed by atoms with Gasteiger partial charge >= 0.3 is 18.7 Å². The van der Waals surface area contributed by atoms with Crippen LogP contribution in [0.4, 0.5) is 26.3 Å². The van der Waals surface area contributed by atoms with Gasteiger partial charge in [0, 0.05) is 50.0 Å². The highest BCUT2D eigenvalue weighted by atomic mass is 79.9. The predicted octanol–water partition coefficient (Wildman–Crippen LogP) is 11.1. The molecule has 0 fully saturated rings. The molecule has 2 atom stereocenters. The van der Waals surface area contributed by atoms with Crippen molar-refractivity contribution in [2.24, 2.45) is 0 Å². The smallest absolute Gasteiger partial charge is 0.449 e. The maximum atomic E-state index is 13.4. The lowest BCUT2D eigenvalue weighted by atomic mass is 9.98. The van der Waals surface area contributed by atoms with Gasteiger partial charge in [0.2, 0.25) is 5.78 Å². The number of carbonyl (C=O) groups is 3. The number of aryl methyl sites for hydroxylation is 4. The summed E-state index contributed by atoms with van der Waals surface area (Å²) in [5.74, 6) is -1.42. The number of nitrogens with zero attached hydrogens (tertiary/aromatic N) is 4. The van der Waals surface area contributed by atoms with Crippen LogP contribution in [0, 0.1) is 27.7 Å². The zero-order chi connectivity index (χ0) is 45.7. The van der Waals surface area contributed by atoms with E-state index < -0.39 is 54.0 Å². The lowest BCUT2D eigenvalue weighted by Crippen LogP contribution is -2.22. The first-order chi connectivity index (χ1) is 29.0. The first kappa shape index (κ1) is 47.3. The normalized spacial score (nSPS) is 12.5. The molecule has 0 aliphatic carbocycles. The van der Waals surface area contributed by atoms with Crippen molar-refractivity contribution in [3.8, 4) is 22.9 Å². The Morgan fingerprint density at radius 2 is 1.05 bits per heavy atom. The number of halogens is 8. The number of aliphatic hydroxyl groups is 1. The van der Waals surface area contributed by atoms with Gasteiger partial charge in [-0.3, -0.25) is 14.4 Å². The van der Waals surface area contributed by atoms with Gasteiger partial charge in [0.05, 0.1) is 22.8 Å². The number of aromatic nitrogens is 4. The number of ether oxygens (including phenoxy) is 3. The third-order valence-electron chi connectivity index (χ3n) is 8.85. The molecule has 11 nitrogen and oxygen atoms in total. The standard InChI is InChI=1S/C23H20BrF3N2O4.C20H16BrF3N2O3/c1-4-20(30)32-22(21(31)15-5-8-17(9-6-15)33-23(25,26)27)18-11-16(24)7-10-19(18)29-12-13(2)28-14(29)3;1-11-10-26(12(2)25-11)17-8-5-14(21)9-16(17)19(28)18(27)13-3-6-15(7-4-13)29-20(22,23)24/h5-12,22H,4H2,1-3H3;3-10,19,28H,1-2H3. The molecule has 2 aromatic heterocycles. The summed E-state index contributed by atoms with van der Waals surface area (Å²) in [4.78, 5) is 47.1. The quantitative estimate of drug-likeness (QED) is 0.0722. The number of ketones is 2. The maximum Gasteiger partial charge on any atom is 0.573 e. The summed E-state index contributed by atoms with van der Waals surface area (Å²) in [7, 11) is 0. The number of Topliss-reactive ketones (excluding diaryl/α,β-unsaturated/α-hetero) is 2. The Labute approximate surface area is 367 Å². The molecule has 0 spiro atoms. The van der Waals surface area contributed by atoms with Crippen molar-refractivity contribution in [3.63, 3.8) is 0 Å². The van der Waals surface area contributed by atoms with Crippen molar-refractivity contribution in [1.82, 2.24) is 19.1 Å². The summed E-state index contributed by atoms with van der Waals surface area (Å²) in [6.45, 7) is 8.85. The molecule has 2 unspecified atom stereocenters. The van der Waals surface area contributed by atoms with E-state index in [0.717, 1.165) is 35.7 Å². The van der Waals surface area contributed by atoms with Crippen molar-refractivity contribution in [2.75, 3.05) is 0 Å². The van der Waals surface area contributed by atoms with Gasteiger partial charge in [0.15, 0.2) is 11.9 Å². The van der Waals surface area contributed by atoms with Crippen LogP contribution in [0.2, 0.25) is 0 Å². The summed E-state index contributed by atoms with van der Waals surface area (Å²) >= 11 is 6.72. The lowest BCUT2D eigenvalue weighted by Gasteiger charge is -2.21. The molecule has 0 aliphatic rings. The Bertz CT molecular complexity index is 2570. The maximum absolute atomic E-state index is 13.4. The number of hydrogen-bond donors (Lipinski definition) is 1. The highest BCUT2D eigenvalue weighted by Crippen LogP contribution is 2.34. The summed E-state index contributed by atoms with van der Waals surface area (Å²) in [6, 6.07) is 19.2. The molecule has 0 bridgehead atoms. The van der Waals surface area contributed by atoms with Crippen molar-refractivity contribution < 1.29 is 60.0 Å². The number of alkyl halides is 6. The molecule has 0 amide bonds. The molecular weight excluding hydrogens is 958 g/mol. The lowest BCUT2D eigenvalue weighted by molar-refractivity contribution is -0.275. The minimum absolute atomic E-state index is 0.0364. The number of imidazole rings is 2. The first-order valence-electron chi connectivity index (χ1n) is 18.4. The zero-order valence-corrected chi connectivity index (χ0v) is 36.5. The molecule has 62 heavy (non-hydrogen) atoms. The monoisotopic (exact) mass is 992 g/mol. The molecular formula is C43H36Br2F6N4O7. The van der Waals surface area contributed by atoms with E-state index in [1.54, 1.807) is 78.7 Å². The van der Waals surface area contributed by atoms with Crippen molar-refractivity contribution in [1.29, 1.82) is 0 Å². The van der Waals surface area contributed by atoms with E-state index in [2.05, 4.69) is 51.3 Å². The Morgan fingerprint density at radius 3 is 1.44 bits per heavy atom. The van der Waals surface area contributed by atoms with Crippen molar-refractivity contribution >= 4 is 49.4 Å². The van der Waals surface area contributed by atoms with Crippen LogP contribution >= 0.6 is 31.9 Å². The molecule has 4 aromatic carbocycles. The number of esters is 1. The first-order valence-corrected chi connectivity index (χ1v) is 19.9. The molecule has 6 rings (SSSR count). The van der Waals surface area contributed by atoms with Gasteiger partial charge in [-0.25, -0.2) is 9.97 Å². The third-order valence-corrected chi connectivity index (χ3v) is 9.84. The van der Waals surface area contributed by atoms with Crippen LogP contribution in [-0.4, -0.2) is 54.5 Å². The molecule has 0 saturated carbocycles. The zero-order valence-electron chi connectivity index (χ0n) is 33.3. The van der Waals surface area contributed by atoms with Gasteiger partial charge in [-0.15, -0.1) is 26.3 Å². The second-order valence-electron chi connectivity index (χ2n) is 13.5. The summed E-state index contributed by atoms with van der Waals surface area (Å²) in [6.07, 6.45) is -8.93. The summed E-state index contributed by atoms with van der Waals surface area (Å²) < 4.78 is 92.2. The number of carbonyl (C=O) groups excluding carboxylic acids is 3. The molecule has 2 heterocycles. The Morgan fingerprint density at radius 1 is 0.645 bits per heavy atom. The van der Waals surface area contributed by atoms with Crippen LogP contribution < -0.4 is 9.47 Å². The largest absolute Gasteiger partial charge is 0.573 e. The number of aliphatic hydroxyl groups excluding tert-OH is 1. The van der Waals surface area contributed by atoms with Crippen LogP contribution in [0.5, 0.6) is 11.5 Å². The molecule has 6 aromatic rings. The van der Waals surface area contributed by atoms with Gasteiger partial charge in [-0.2, -0.15) is 0 Å². The van der Waals surface area contributed by atoms with Gasteiger partial charge in [-0.1, -0.05) is 38.8 Å². The van der Waals surface area contributed by atoms with Crippen LogP contribution in [0.3, 0.4) is 0 Å². The van der Waals surface area contributed by atoms with Crippen LogP contribution in [0.1, 0.15) is 80.4 Å². The van der Waals surface area contributed by atoms with E-state index in [4.69, 9.17) is 4.74 Å². The minimum atomic E-state index is -4.85. The van der Waals surface area contributed by atoms with Gasteiger partial charge in [0.1, 0.15) is 29.3 Å². The van der Waals surface area contributed by atoms with E-state index in [9.17, 15) is 45.8 Å². The average Bonchev–Trinajstić information content (AvgIpc) is 3.72. The number of hydrogen-bond acceptors (Lipinski definition) is 9. The van der Waals surface area contributed by atoms with Crippen LogP contribution in [0.15, 0.2) is 106 Å². The topological polar surface area (TPSA) is 135 Å². The summed E-state index contributed by atoms with van der Waals surface area (Å²) in [5, 5.41) is 10.7. The highest BCUT2D eigenvalue weighted by Gasteiger charge is 2.33. The Kier molecular flexibility index (Phi) is 14.9. The van der Waals surface area contributed by atoms with E-state index in [0.29, 0.717) is 43.1 Å². The second kappa shape index (κ2) is 19.5. The van der Waals surface area contributed by atoms with Gasteiger partial charge in [0.25, 0.3) is 0 Å². The molecule has 326 valence electrons. The number of benzene rings is 4. The molecule has 1 N–H and O–H groups in total. The predicted molar refractivity (Wildman–Crippen MR) is 220 cm³/mol. The number of rotatable bonds is 12. The molecule has 0 radical (unpaired) electrons.